The molecule has 2 aromatic heterocycles. The Morgan fingerprint density at radius 2 is 1.57 bits per heavy atom. The van der Waals surface area contributed by atoms with Gasteiger partial charge in [-0.15, -0.1) is 11.3 Å². The molecule has 0 aliphatic carbocycles. The molecule has 1 amide bonds. The lowest BCUT2D eigenvalue weighted by Gasteiger charge is -2.19. The summed E-state index contributed by atoms with van der Waals surface area (Å²) in [6.45, 7) is 5.48. The Hall–Kier alpha value is -4.51. The van der Waals surface area contributed by atoms with Crippen LogP contribution < -0.4 is 10.7 Å². The predicted octanol–water partition coefficient (Wildman–Crippen LogP) is 7.09. The first-order chi connectivity index (χ1) is 22.5. The average molecular weight is 658 g/mol. The number of carbonyl (C=O) groups excluding carboxylic acids is 2. The normalized spacial score (nSPS) is 12.2. The minimum Gasteiger partial charge on any atom is -0.396 e. The number of aromatic nitrogens is 1. The number of amides is 1. The summed E-state index contributed by atoms with van der Waals surface area (Å²) in [5.74, 6) is -3.14. The van der Waals surface area contributed by atoms with Crippen molar-refractivity contribution in [2.45, 2.75) is 40.4 Å². The van der Waals surface area contributed by atoms with E-state index in [0.29, 0.717) is 29.0 Å². The van der Waals surface area contributed by atoms with Gasteiger partial charge in [0.15, 0.2) is 11.2 Å². The van der Waals surface area contributed by atoms with E-state index in [4.69, 9.17) is 0 Å². The molecule has 7 nitrogen and oxygen atoms in total. The van der Waals surface area contributed by atoms with E-state index in [1.54, 1.807) is 37.5 Å². The minimum atomic E-state index is -0.743. The number of anilines is 1. The Bertz CT molecular complexity index is 1950. The summed E-state index contributed by atoms with van der Waals surface area (Å²) < 4.78 is 31.5. The Kier molecular flexibility index (Phi) is 10.4. The predicted molar refractivity (Wildman–Crippen MR) is 183 cm³/mol. The second-order valence-corrected chi connectivity index (χ2v) is 13.1. The number of nitrogens with one attached hydrogen (secondary N) is 1. The average Bonchev–Trinajstić information content (AvgIpc) is 3.43. The van der Waals surface area contributed by atoms with E-state index in [-0.39, 0.29) is 41.5 Å². The molecule has 0 spiro atoms. The highest BCUT2D eigenvalue weighted by molar-refractivity contribution is 7.22. The molecule has 10 heteroatoms. The summed E-state index contributed by atoms with van der Waals surface area (Å²) in [5.41, 5.74) is 2.67. The molecule has 0 bridgehead atoms. The van der Waals surface area contributed by atoms with E-state index in [1.165, 1.54) is 35.6 Å². The highest BCUT2D eigenvalue weighted by Gasteiger charge is 2.26. The van der Waals surface area contributed by atoms with E-state index in [1.807, 2.05) is 49.5 Å². The van der Waals surface area contributed by atoms with Gasteiger partial charge in [-0.3, -0.25) is 19.3 Å². The number of pyridine rings is 1. The maximum absolute atomic E-state index is 15.0. The summed E-state index contributed by atoms with van der Waals surface area (Å²) in [4.78, 5) is 43.0. The van der Waals surface area contributed by atoms with Gasteiger partial charge in [-0.05, 0) is 48.0 Å². The van der Waals surface area contributed by atoms with Crippen molar-refractivity contribution in [3.63, 3.8) is 0 Å². The molecule has 0 radical (unpaired) electrons. The molecule has 5 aromatic rings. The molecule has 2 N–H and O–H groups in total. The maximum Gasteiger partial charge on any atom is 0.229 e. The number of nitrogens with zero attached hydrogens (tertiary/aromatic N) is 2. The van der Waals surface area contributed by atoms with Crippen LogP contribution >= 0.6 is 11.3 Å². The van der Waals surface area contributed by atoms with Crippen LogP contribution in [0, 0.1) is 23.5 Å². The molecule has 0 fully saturated rings. The summed E-state index contributed by atoms with van der Waals surface area (Å²) >= 11 is 1.29. The summed E-state index contributed by atoms with van der Waals surface area (Å²) in [7, 11) is 1.95. The van der Waals surface area contributed by atoms with Crippen LogP contribution in [0.4, 0.5) is 14.5 Å². The number of carbonyl (C=O) groups is 2. The molecule has 47 heavy (non-hydrogen) atoms. The number of hydrogen-bond donors (Lipinski definition) is 2. The zero-order valence-corrected chi connectivity index (χ0v) is 27.5. The Morgan fingerprint density at radius 3 is 2.19 bits per heavy atom. The van der Waals surface area contributed by atoms with Gasteiger partial charge in [0, 0.05) is 41.2 Å². The maximum atomic E-state index is 15.0. The van der Waals surface area contributed by atoms with E-state index < -0.39 is 23.5 Å². The van der Waals surface area contributed by atoms with Crippen molar-refractivity contribution < 1.29 is 23.5 Å². The smallest absolute Gasteiger partial charge is 0.229 e. The van der Waals surface area contributed by atoms with Crippen LogP contribution in [0.15, 0.2) is 83.7 Å². The largest absolute Gasteiger partial charge is 0.396 e. The molecule has 2 heterocycles. The van der Waals surface area contributed by atoms with Gasteiger partial charge in [0.25, 0.3) is 0 Å². The van der Waals surface area contributed by atoms with Crippen LogP contribution in [0.25, 0.3) is 20.7 Å². The fourth-order valence-corrected chi connectivity index (χ4v) is 6.77. The van der Waals surface area contributed by atoms with Crippen molar-refractivity contribution in [1.29, 1.82) is 0 Å². The third kappa shape index (κ3) is 7.40. The van der Waals surface area contributed by atoms with E-state index in [0.717, 1.165) is 21.6 Å². The molecular formula is C37H37F2N3O4S. The molecule has 0 saturated heterocycles. The number of rotatable bonds is 12. The van der Waals surface area contributed by atoms with Crippen molar-refractivity contribution in [1.82, 2.24) is 9.47 Å². The van der Waals surface area contributed by atoms with Gasteiger partial charge in [0.1, 0.15) is 16.5 Å². The van der Waals surface area contributed by atoms with Gasteiger partial charge in [0.2, 0.25) is 5.91 Å². The number of Topliss-reactive ketones (excluding diaryl/α,β-unsaturated/α-hetero) is 1. The van der Waals surface area contributed by atoms with Gasteiger partial charge < -0.3 is 15.0 Å². The van der Waals surface area contributed by atoms with E-state index in [2.05, 4.69) is 10.2 Å². The number of aliphatic hydroxyl groups excluding tert-OH is 1. The third-order valence-corrected chi connectivity index (χ3v) is 9.36. The quantitative estimate of drug-likeness (QED) is 0.140. The minimum absolute atomic E-state index is 0.0909. The number of fused-ring (bicyclic) bond motifs is 1. The zero-order valence-electron chi connectivity index (χ0n) is 26.7. The fourth-order valence-electron chi connectivity index (χ4n) is 5.44. The highest BCUT2D eigenvalue weighted by atomic mass is 32.1. The summed E-state index contributed by atoms with van der Waals surface area (Å²) in [6, 6.07) is 22.0. The van der Waals surface area contributed by atoms with Crippen molar-refractivity contribution in [3.8, 4) is 10.4 Å². The number of hydrogen-bond acceptors (Lipinski definition) is 6. The number of aliphatic hydroxyl groups is 1. The van der Waals surface area contributed by atoms with Crippen LogP contribution in [0.1, 0.15) is 48.0 Å². The first-order valence-corrected chi connectivity index (χ1v) is 16.2. The van der Waals surface area contributed by atoms with Gasteiger partial charge >= 0.3 is 0 Å². The number of ketones is 1. The van der Waals surface area contributed by atoms with Gasteiger partial charge in [-0.25, -0.2) is 8.78 Å². The standard InChI is InChI=1S/C37H37F2N3O4S/c1-22(2)34(45)31-17-32(44)33-28(19-41(4)18-24-9-6-5-7-10-24)35(25-13-15-26(16-14-25)40-36(46)23(3)21-43)47-37(33)42(31)20-27-29(38)11-8-12-30(27)39/h5-17,22-23,43H,18-21H2,1-4H3,(H,40,46). The fraction of sp³-hybridized carbons (Fsp3) is 0.270. The molecular weight excluding hydrogens is 620 g/mol. The first-order valence-electron chi connectivity index (χ1n) is 15.4. The number of thiophene rings is 1. The molecule has 1 unspecified atom stereocenters. The second-order valence-electron chi connectivity index (χ2n) is 12.1. The van der Waals surface area contributed by atoms with Gasteiger partial charge in [-0.2, -0.15) is 0 Å². The van der Waals surface area contributed by atoms with Crippen LogP contribution in [-0.4, -0.2) is 39.9 Å². The molecule has 5 rings (SSSR count). The van der Waals surface area contributed by atoms with Crippen LogP contribution in [-0.2, 0) is 24.4 Å². The Balaban J connectivity index is 1.70. The van der Waals surface area contributed by atoms with Crippen molar-refractivity contribution in [2.75, 3.05) is 19.0 Å². The SMILES string of the molecule is CC(C)C(=O)c1cc(=O)c2c(CN(C)Cc3ccccc3)c(-c3ccc(NC(=O)C(C)CO)cc3)sc2n1Cc1c(F)cccc1F. The zero-order chi connectivity index (χ0) is 33.8. The van der Waals surface area contributed by atoms with Crippen LogP contribution in [0.2, 0.25) is 0 Å². The van der Waals surface area contributed by atoms with Crippen molar-refractivity contribution in [3.05, 3.63) is 123 Å². The third-order valence-electron chi connectivity index (χ3n) is 8.05. The topological polar surface area (TPSA) is 91.6 Å². The number of halogens is 2. The monoisotopic (exact) mass is 657 g/mol. The molecule has 0 aliphatic heterocycles. The molecule has 0 aliphatic rings. The molecule has 244 valence electrons. The Morgan fingerprint density at radius 1 is 0.915 bits per heavy atom. The summed E-state index contributed by atoms with van der Waals surface area (Å²) in [5, 5.41) is 12.5. The Labute approximate surface area is 276 Å². The lowest BCUT2D eigenvalue weighted by molar-refractivity contribution is -0.120. The van der Waals surface area contributed by atoms with E-state index >= 15 is 0 Å². The highest BCUT2D eigenvalue weighted by Crippen LogP contribution is 2.40. The molecule has 3 aromatic carbocycles. The lowest BCUT2D eigenvalue weighted by atomic mass is 10.0. The first kappa shape index (κ1) is 33.8. The number of benzene rings is 3. The molecule has 0 saturated carbocycles. The van der Waals surface area contributed by atoms with Crippen LogP contribution in [0.5, 0.6) is 0 Å². The summed E-state index contributed by atoms with van der Waals surface area (Å²) in [6.07, 6.45) is 0. The van der Waals surface area contributed by atoms with Crippen LogP contribution in [0.3, 0.4) is 0 Å². The van der Waals surface area contributed by atoms with Crippen molar-refractivity contribution >= 4 is 38.9 Å². The second kappa shape index (κ2) is 14.5. The van der Waals surface area contributed by atoms with E-state index in [9.17, 15) is 28.3 Å². The lowest BCUT2D eigenvalue weighted by Crippen LogP contribution is -2.23. The van der Waals surface area contributed by atoms with Crippen molar-refractivity contribution in [2.24, 2.45) is 11.8 Å². The van der Waals surface area contributed by atoms with Gasteiger partial charge in [-0.1, -0.05) is 69.3 Å². The van der Waals surface area contributed by atoms with Gasteiger partial charge in [0.05, 0.1) is 30.1 Å². The molecule has 1 atom stereocenters.